The zero-order valence-electron chi connectivity index (χ0n) is 10.3. The van der Waals surface area contributed by atoms with E-state index in [9.17, 15) is 0 Å². The van der Waals surface area contributed by atoms with E-state index in [0.29, 0.717) is 0 Å². The second-order valence-electron chi connectivity index (χ2n) is 4.22. The third kappa shape index (κ3) is 3.98. The van der Waals surface area contributed by atoms with E-state index in [0.717, 1.165) is 17.0 Å². The zero-order valence-corrected chi connectivity index (χ0v) is 11.2. The fourth-order valence-electron chi connectivity index (χ4n) is 1.94. The predicted molar refractivity (Wildman–Crippen MR) is 66.2 cm³/mol. The minimum absolute atomic E-state index is 0.255. The Labute approximate surface area is 86.3 Å². The molecule has 0 heterocycles. The summed E-state index contributed by atoms with van der Waals surface area (Å²) in [6.07, 6.45) is 4.08. The normalized spacial score (nSPS) is 20.8. The molecule has 3 atom stereocenters. The second kappa shape index (κ2) is 6.82. The van der Waals surface area contributed by atoms with Crippen molar-refractivity contribution < 1.29 is 0 Å². The van der Waals surface area contributed by atoms with Crippen molar-refractivity contribution in [2.24, 2.45) is 0 Å². The Kier molecular flexibility index (Phi) is 7.05. The van der Waals surface area contributed by atoms with Crippen molar-refractivity contribution in [3.05, 3.63) is 0 Å². The molecule has 1 heteroatoms. The van der Waals surface area contributed by atoms with Gasteiger partial charge in [-0.15, -0.1) is 0 Å². The molecule has 0 aromatic heterocycles. The van der Waals surface area contributed by atoms with E-state index in [2.05, 4.69) is 41.5 Å². The van der Waals surface area contributed by atoms with Gasteiger partial charge in [0.1, 0.15) is 0 Å². The zero-order chi connectivity index (χ0) is 10.4. The molecule has 0 aliphatic heterocycles. The number of hydrogen-bond acceptors (Lipinski definition) is 0. The number of hydrogen-bond donors (Lipinski definition) is 0. The van der Waals surface area contributed by atoms with Crippen LogP contribution in [0.5, 0.6) is 0 Å². The van der Waals surface area contributed by atoms with Crippen LogP contribution in [0.4, 0.5) is 0 Å². The Bertz CT molecular complexity index is 98.5. The molecule has 0 amide bonds. The van der Waals surface area contributed by atoms with Crippen molar-refractivity contribution in [1.29, 1.82) is 0 Å². The smallest absolute Gasteiger partial charge is 0.0235 e. The molecule has 0 spiro atoms. The summed E-state index contributed by atoms with van der Waals surface area (Å²) in [4.78, 5) is 0. The molecule has 0 aromatic carbocycles. The molecule has 0 bridgehead atoms. The monoisotopic (exact) mass is 202 g/mol. The lowest BCUT2D eigenvalue weighted by Crippen LogP contribution is -2.16. The second-order valence-corrected chi connectivity index (χ2v) is 7.76. The van der Waals surface area contributed by atoms with Crippen molar-refractivity contribution in [3.8, 4) is 0 Å². The van der Waals surface area contributed by atoms with Gasteiger partial charge < -0.3 is 0 Å². The molecule has 13 heavy (non-hydrogen) atoms. The van der Waals surface area contributed by atoms with Crippen molar-refractivity contribution in [2.45, 2.75) is 77.8 Å². The highest BCUT2D eigenvalue weighted by atomic mass is 31.1. The Morgan fingerprint density at radius 2 is 0.923 bits per heavy atom. The number of rotatable bonds is 6. The fraction of sp³-hybridized carbons (Fsp3) is 1.00. The first-order chi connectivity index (χ1) is 6.08. The maximum atomic E-state index is 2.45. The Balaban J connectivity index is 4.34. The highest BCUT2D eigenvalue weighted by molar-refractivity contribution is 7.59. The van der Waals surface area contributed by atoms with E-state index in [-0.39, 0.29) is 7.92 Å². The maximum Gasteiger partial charge on any atom is -0.0235 e. The predicted octanol–water partition coefficient (Wildman–Crippen LogP) is 4.86. The van der Waals surface area contributed by atoms with Crippen LogP contribution >= 0.6 is 7.92 Å². The SMILES string of the molecule is CCC(C)P(C(C)CC)C(C)CC. The molecule has 0 aromatic rings. The van der Waals surface area contributed by atoms with E-state index in [1.165, 1.54) is 19.3 Å². The molecular formula is C12H27P. The Morgan fingerprint density at radius 1 is 0.692 bits per heavy atom. The minimum atomic E-state index is 0.255. The first-order valence-corrected chi connectivity index (χ1v) is 7.40. The molecule has 0 fully saturated rings. The van der Waals surface area contributed by atoms with Gasteiger partial charge in [0.05, 0.1) is 0 Å². The van der Waals surface area contributed by atoms with Gasteiger partial charge >= 0.3 is 0 Å². The average molecular weight is 202 g/mol. The average Bonchev–Trinajstić information content (AvgIpc) is 2.16. The molecule has 0 saturated carbocycles. The van der Waals surface area contributed by atoms with Crippen LogP contribution in [0, 0.1) is 0 Å². The van der Waals surface area contributed by atoms with Gasteiger partial charge in [-0.25, -0.2) is 0 Å². The summed E-state index contributed by atoms with van der Waals surface area (Å²) in [6, 6.07) is 0. The molecule has 0 aliphatic carbocycles. The third-order valence-corrected chi connectivity index (χ3v) is 7.45. The van der Waals surface area contributed by atoms with Crippen LogP contribution in [-0.2, 0) is 0 Å². The van der Waals surface area contributed by atoms with Crippen LogP contribution in [0.2, 0.25) is 0 Å². The molecule has 0 saturated heterocycles. The van der Waals surface area contributed by atoms with Crippen molar-refractivity contribution >= 4 is 7.92 Å². The maximum absolute atomic E-state index is 2.45. The molecular weight excluding hydrogens is 175 g/mol. The largest absolute Gasteiger partial charge is 0.0980 e. The van der Waals surface area contributed by atoms with Gasteiger partial charge in [0.15, 0.2) is 0 Å². The van der Waals surface area contributed by atoms with Gasteiger partial charge in [0.2, 0.25) is 0 Å². The quantitative estimate of drug-likeness (QED) is 0.539. The summed E-state index contributed by atoms with van der Waals surface area (Å²) in [5.74, 6) is 0. The molecule has 0 rings (SSSR count). The summed E-state index contributed by atoms with van der Waals surface area (Å²) in [5.41, 5.74) is 2.87. The standard InChI is InChI=1S/C12H27P/c1-7-10(4)13(11(5)8-2)12(6)9-3/h10-12H,7-9H2,1-6H3. The van der Waals surface area contributed by atoms with Gasteiger partial charge in [-0.1, -0.05) is 49.5 Å². The molecule has 0 aliphatic rings. The van der Waals surface area contributed by atoms with Crippen molar-refractivity contribution in [1.82, 2.24) is 0 Å². The Morgan fingerprint density at radius 3 is 1.08 bits per heavy atom. The lowest BCUT2D eigenvalue weighted by Gasteiger charge is -2.34. The van der Waals surface area contributed by atoms with Gasteiger partial charge in [-0.3, -0.25) is 0 Å². The minimum Gasteiger partial charge on any atom is -0.0980 e. The molecule has 3 unspecified atom stereocenters. The topological polar surface area (TPSA) is 0 Å². The van der Waals surface area contributed by atoms with Crippen LogP contribution in [0.1, 0.15) is 60.8 Å². The van der Waals surface area contributed by atoms with E-state index < -0.39 is 0 Å². The van der Waals surface area contributed by atoms with Gasteiger partial charge in [0, 0.05) is 0 Å². The summed E-state index contributed by atoms with van der Waals surface area (Å²) >= 11 is 0. The van der Waals surface area contributed by atoms with Gasteiger partial charge in [0.25, 0.3) is 0 Å². The first kappa shape index (κ1) is 13.4. The lowest BCUT2D eigenvalue weighted by atomic mass is 10.3. The van der Waals surface area contributed by atoms with Crippen LogP contribution in [0.25, 0.3) is 0 Å². The molecule has 0 radical (unpaired) electrons. The van der Waals surface area contributed by atoms with Gasteiger partial charge in [-0.05, 0) is 36.2 Å². The van der Waals surface area contributed by atoms with Crippen LogP contribution in [0.3, 0.4) is 0 Å². The van der Waals surface area contributed by atoms with Crippen LogP contribution < -0.4 is 0 Å². The molecule has 80 valence electrons. The summed E-state index contributed by atoms with van der Waals surface area (Å²) in [7, 11) is 0.255. The summed E-state index contributed by atoms with van der Waals surface area (Å²) in [6.45, 7) is 14.4. The summed E-state index contributed by atoms with van der Waals surface area (Å²) < 4.78 is 0. The van der Waals surface area contributed by atoms with Crippen molar-refractivity contribution in [2.75, 3.05) is 0 Å². The molecule has 0 nitrogen and oxygen atoms in total. The van der Waals surface area contributed by atoms with E-state index in [1.54, 1.807) is 0 Å². The lowest BCUT2D eigenvalue weighted by molar-refractivity contribution is 0.784. The highest BCUT2D eigenvalue weighted by Crippen LogP contribution is 2.53. The Hall–Kier alpha value is 0.430. The third-order valence-electron chi connectivity index (χ3n) is 3.30. The molecule has 0 N–H and O–H groups in total. The summed E-state index contributed by atoms with van der Waals surface area (Å²) in [5, 5.41) is 0. The van der Waals surface area contributed by atoms with E-state index >= 15 is 0 Å². The fourth-order valence-corrected chi connectivity index (χ4v) is 5.81. The van der Waals surface area contributed by atoms with Crippen LogP contribution in [0.15, 0.2) is 0 Å². The van der Waals surface area contributed by atoms with Crippen molar-refractivity contribution in [3.63, 3.8) is 0 Å². The van der Waals surface area contributed by atoms with E-state index in [1.807, 2.05) is 0 Å². The van der Waals surface area contributed by atoms with Crippen LogP contribution in [-0.4, -0.2) is 17.0 Å². The van der Waals surface area contributed by atoms with Gasteiger partial charge in [-0.2, -0.15) is 0 Å². The van der Waals surface area contributed by atoms with E-state index in [4.69, 9.17) is 0 Å². The first-order valence-electron chi connectivity index (χ1n) is 5.85. The highest BCUT2D eigenvalue weighted by Gasteiger charge is 2.24.